The molecule has 0 atom stereocenters. The van der Waals surface area contributed by atoms with E-state index in [1.54, 1.807) is 6.33 Å². The standard InChI is InChI=1S/C11H16IN3/c1-2-9-3-5-15(6-4-9)11-10(12)7-13-8-14-11/h7-9H,2-6H2,1H3. The van der Waals surface area contributed by atoms with Crippen molar-refractivity contribution in [3.05, 3.63) is 16.1 Å². The third-order valence-electron chi connectivity index (χ3n) is 3.14. The number of piperidine rings is 1. The summed E-state index contributed by atoms with van der Waals surface area (Å²) in [5.74, 6) is 2.03. The predicted molar refractivity (Wildman–Crippen MR) is 70.0 cm³/mol. The summed E-state index contributed by atoms with van der Waals surface area (Å²) in [4.78, 5) is 10.8. The van der Waals surface area contributed by atoms with Gasteiger partial charge in [-0.2, -0.15) is 0 Å². The van der Waals surface area contributed by atoms with Gasteiger partial charge in [0, 0.05) is 19.3 Å². The Labute approximate surface area is 104 Å². The molecule has 3 nitrogen and oxygen atoms in total. The predicted octanol–water partition coefficient (Wildman–Crippen LogP) is 2.71. The van der Waals surface area contributed by atoms with E-state index in [0.717, 1.165) is 28.4 Å². The van der Waals surface area contributed by atoms with Crippen molar-refractivity contribution < 1.29 is 0 Å². The van der Waals surface area contributed by atoms with E-state index in [2.05, 4.69) is 44.4 Å². The zero-order valence-corrected chi connectivity index (χ0v) is 11.1. The van der Waals surface area contributed by atoms with Crippen molar-refractivity contribution in [3.8, 4) is 0 Å². The van der Waals surface area contributed by atoms with Crippen LogP contribution in [0.15, 0.2) is 12.5 Å². The molecule has 0 N–H and O–H groups in total. The van der Waals surface area contributed by atoms with Gasteiger partial charge in [-0.25, -0.2) is 9.97 Å². The molecule has 0 aliphatic carbocycles. The number of nitrogens with zero attached hydrogens (tertiary/aromatic N) is 3. The zero-order valence-electron chi connectivity index (χ0n) is 8.99. The maximum absolute atomic E-state index is 4.36. The van der Waals surface area contributed by atoms with Gasteiger partial charge in [0.25, 0.3) is 0 Å². The molecule has 0 unspecified atom stereocenters. The van der Waals surface area contributed by atoms with Gasteiger partial charge in [-0.3, -0.25) is 0 Å². The van der Waals surface area contributed by atoms with Crippen LogP contribution in [0.25, 0.3) is 0 Å². The fourth-order valence-corrected chi connectivity index (χ4v) is 2.73. The molecule has 1 aliphatic heterocycles. The molecule has 1 saturated heterocycles. The molecule has 2 rings (SSSR count). The highest BCUT2D eigenvalue weighted by atomic mass is 127. The molecular weight excluding hydrogens is 301 g/mol. The van der Waals surface area contributed by atoms with E-state index >= 15 is 0 Å². The highest BCUT2D eigenvalue weighted by Gasteiger charge is 2.19. The molecule has 1 fully saturated rings. The summed E-state index contributed by atoms with van der Waals surface area (Å²) in [7, 11) is 0. The highest BCUT2D eigenvalue weighted by molar-refractivity contribution is 14.1. The van der Waals surface area contributed by atoms with Crippen LogP contribution in [0.5, 0.6) is 0 Å². The minimum atomic E-state index is 0.917. The van der Waals surface area contributed by atoms with Gasteiger partial charge in [0.05, 0.1) is 3.57 Å². The first kappa shape index (κ1) is 11.1. The first-order valence-electron chi connectivity index (χ1n) is 5.51. The Morgan fingerprint density at radius 3 is 2.80 bits per heavy atom. The smallest absolute Gasteiger partial charge is 0.145 e. The third-order valence-corrected chi connectivity index (χ3v) is 3.90. The molecule has 1 aromatic rings. The van der Waals surface area contributed by atoms with Gasteiger partial charge in [0.1, 0.15) is 12.1 Å². The first-order chi connectivity index (χ1) is 7.31. The Kier molecular flexibility index (Phi) is 3.77. The van der Waals surface area contributed by atoms with Gasteiger partial charge in [0.15, 0.2) is 0 Å². The van der Waals surface area contributed by atoms with Crippen LogP contribution in [0.2, 0.25) is 0 Å². The van der Waals surface area contributed by atoms with Gasteiger partial charge in [-0.15, -0.1) is 0 Å². The lowest BCUT2D eigenvalue weighted by molar-refractivity contribution is 0.393. The maximum atomic E-state index is 4.36. The van der Waals surface area contributed by atoms with Crippen LogP contribution in [0.1, 0.15) is 26.2 Å². The molecule has 1 aromatic heterocycles. The third kappa shape index (κ3) is 2.59. The molecule has 4 heteroatoms. The number of anilines is 1. The Hall–Kier alpha value is -0.390. The average Bonchev–Trinajstić information content (AvgIpc) is 2.30. The van der Waals surface area contributed by atoms with E-state index in [0.29, 0.717) is 0 Å². The Bertz CT molecular complexity index is 321. The number of hydrogen-bond acceptors (Lipinski definition) is 3. The molecule has 1 aliphatic rings. The van der Waals surface area contributed by atoms with Gasteiger partial charge < -0.3 is 4.90 Å². The minimum Gasteiger partial charge on any atom is -0.356 e. The Morgan fingerprint density at radius 2 is 2.20 bits per heavy atom. The van der Waals surface area contributed by atoms with E-state index in [-0.39, 0.29) is 0 Å². The summed E-state index contributed by atoms with van der Waals surface area (Å²) in [6.45, 7) is 4.58. The summed E-state index contributed by atoms with van der Waals surface area (Å²) in [6.07, 6.45) is 7.44. The highest BCUT2D eigenvalue weighted by Crippen LogP contribution is 2.25. The van der Waals surface area contributed by atoms with Crippen molar-refractivity contribution in [2.75, 3.05) is 18.0 Å². The van der Waals surface area contributed by atoms with E-state index in [4.69, 9.17) is 0 Å². The van der Waals surface area contributed by atoms with Crippen molar-refractivity contribution in [2.45, 2.75) is 26.2 Å². The molecule has 0 amide bonds. The van der Waals surface area contributed by atoms with Crippen molar-refractivity contribution in [1.29, 1.82) is 0 Å². The van der Waals surface area contributed by atoms with Crippen LogP contribution in [-0.4, -0.2) is 23.1 Å². The molecular formula is C11H16IN3. The van der Waals surface area contributed by atoms with Crippen molar-refractivity contribution in [2.24, 2.45) is 5.92 Å². The quantitative estimate of drug-likeness (QED) is 0.786. The number of halogens is 1. The SMILES string of the molecule is CCC1CCN(c2ncncc2I)CC1. The minimum absolute atomic E-state index is 0.917. The largest absolute Gasteiger partial charge is 0.356 e. The number of hydrogen-bond donors (Lipinski definition) is 0. The van der Waals surface area contributed by atoms with Crippen LogP contribution >= 0.6 is 22.6 Å². The van der Waals surface area contributed by atoms with Crippen LogP contribution in [-0.2, 0) is 0 Å². The Balaban J connectivity index is 2.04. The molecule has 0 spiro atoms. The fraction of sp³-hybridized carbons (Fsp3) is 0.636. The zero-order chi connectivity index (χ0) is 10.7. The lowest BCUT2D eigenvalue weighted by Gasteiger charge is -2.32. The maximum Gasteiger partial charge on any atom is 0.145 e. The second kappa shape index (κ2) is 5.09. The van der Waals surface area contributed by atoms with Crippen molar-refractivity contribution in [3.63, 3.8) is 0 Å². The second-order valence-corrected chi connectivity index (χ2v) is 5.20. The summed E-state index contributed by atoms with van der Waals surface area (Å²) in [6, 6.07) is 0. The van der Waals surface area contributed by atoms with Gasteiger partial charge in [-0.05, 0) is 41.4 Å². The van der Waals surface area contributed by atoms with E-state index in [1.165, 1.54) is 19.3 Å². The number of rotatable bonds is 2. The fourth-order valence-electron chi connectivity index (χ4n) is 2.09. The van der Waals surface area contributed by atoms with Gasteiger partial charge in [0.2, 0.25) is 0 Å². The van der Waals surface area contributed by atoms with E-state index in [9.17, 15) is 0 Å². The van der Waals surface area contributed by atoms with E-state index in [1.807, 2.05) is 6.20 Å². The second-order valence-electron chi connectivity index (χ2n) is 4.03. The average molecular weight is 317 g/mol. The van der Waals surface area contributed by atoms with Crippen molar-refractivity contribution >= 4 is 28.4 Å². The molecule has 15 heavy (non-hydrogen) atoms. The molecule has 0 bridgehead atoms. The molecule has 0 radical (unpaired) electrons. The van der Waals surface area contributed by atoms with Crippen LogP contribution in [0.4, 0.5) is 5.82 Å². The van der Waals surface area contributed by atoms with Crippen LogP contribution in [0, 0.1) is 9.49 Å². The molecule has 0 saturated carbocycles. The molecule has 2 heterocycles. The van der Waals surface area contributed by atoms with E-state index < -0.39 is 0 Å². The summed E-state index contributed by atoms with van der Waals surface area (Å²) < 4.78 is 1.16. The molecule has 0 aromatic carbocycles. The van der Waals surface area contributed by atoms with Crippen molar-refractivity contribution in [1.82, 2.24) is 9.97 Å². The topological polar surface area (TPSA) is 29.0 Å². The number of aromatic nitrogens is 2. The summed E-state index contributed by atoms with van der Waals surface area (Å²) >= 11 is 2.31. The monoisotopic (exact) mass is 317 g/mol. The summed E-state index contributed by atoms with van der Waals surface area (Å²) in [5.41, 5.74) is 0. The Morgan fingerprint density at radius 1 is 1.47 bits per heavy atom. The first-order valence-corrected chi connectivity index (χ1v) is 6.59. The molecule has 82 valence electrons. The van der Waals surface area contributed by atoms with Crippen LogP contribution in [0.3, 0.4) is 0 Å². The van der Waals surface area contributed by atoms with Crippen LogP contribution < -0.4 is 4.90 Å². The van der Waals surface area contributed by atoms with Gasteiger partial charge >= 0.3 is 0 Å². The lowest BCUT2D eigenvalue weighted by Crippen LogP contribution is -2.34. The normalized spacial score (nSPS) is 18.1. The van der Waals surface area contributed by atoms with Gasteiger partial charge in [-0.1, -0.05) is 13.3 Å². The summed E-state index contributed by atoms with van der Waals surface area (Å²) in [5, 5.41) is 0. The lowest BCUT2D eigenvalue weighted by atomic mass is 9.94.